The van der Waals surface area contributed by atoms with Gasteiger partial charge in [0.15, 0.2) is 0 Å². The zero-order valence-electron chi connectivity index (χ0n) is 16.3. The number of rotatable bonds is 7. The third-order valence-corrected chi connectivity index (χ3v) is 4.77. The molecule has 0 unspecified atom stereocenters. The van der Waals surface area contributed by atoms with Gasteiger partial charge in [-0.15, -0.1) is 0 Å². The number of likely N-dealkylation sites (N-methyl/N-ethyl adjacent to an activating group) is 1. The molecule has 0 aliphatic carbocycles. The predicted molar refractivity (Wildman–Crippen MR) is 110 cm³/mol. The minimum Gasteiger partial charge on any atom is -0.494 e. The molecule has 0 spiro atoms. The molecule has 0 atom stereocenters. The minimum absolute atomic E-state index is 0.0454. The number of hydrogen-bond acceptors (Lipinski definition) is 4. The average molecular weight is 381 g/mol. The summed E-state index contributed by atoms with van der Waals surface area (Å²) in [5.74, 6) is 0.794. The van der Waals surface area contributed by atoms with Crippen molar-refractivity contribution in [1.29, 1.82) is 0 Å². The van der Waals surface area contributed by atoms with E-state index in [1.54, 1.807) is 24.3 Å². The Morgan fingerprint density at radius 1 is 0.964 bits per heavy atom. The number of carbonyl (C=O) groups is 2. The number of para-hydroxylation sites is 1. The van der Waals surface area contributed by atoms with Crippen LogP contribution >= 0.6 is 0 Å². The van der Waals surface area contributed by atoms with Crippen LogP contribution in [-0.4, -0.2) is 61.4 Å². The summed E-state index contributed by atoms with van der Waals surface area (Å²) in [5.41, 5.74) is 1.35. The van der Waals surface area contributed by atoms with E-state index < -0.39 is 0 Å². The lowest BCUT2D eigenvalue weighted by atomic mass is 10.1. The van der Waals surface area contributed by atoms with E-state index in [1.807, 2.05) is 35.2 Å². The molecule has 6 heteroatoms. The molecule has 2 amide bonds. The third-order valence-electron chi connectivity index (χ3n) is 4.77. The molecule has 1 N–H and O–H groups in total. The van der Waals surface area contributed by atoms with Gasteiger partial charge in [0.25, 0.3) is 5.91 Å². The van der Waals surface area contributed by atoms with Crippen LogP contribution in [0.15, 0.2) is 54.6 Å². The molecule has 3 rings (SSSR count). The van der Waals surface area contributed by atoms with Crippen molar-refractivity contribution in [2.45, 2.75) is 12.8 Å². The molecule has 6 nitrogen and oxygen atoms in total. The maximum Gasteiger partial charge on any atom is 0.253 e. The highest BCUT2D eigenvalue weighted by Crippen LogP contribution is 2.14. The maximum absolute atomic E-state index is 12.5. The van der Waals surface area contributed by atoms with Crippen LogP contribution in [-0.2, 0) is 4.79 Å². The van der Waals surface area contributed by atoms with Crippen LogP contribution < -0.4 is 10.1 Å². The Morgan fingerprint density at radius 2 is 1.64 bits per heavy atom. The second-order valence-electron chi connectivity index (χ2n) is 6.99. The average Bonchev–Trinajstić information content (AvgIpc) is 2.73. The van der Waals surface area contributed by atoms with E-state index in [2.05, 4.69) is 17.3 Å². The number of hydrogen-bond donors (Lipinski definition) is 1. The second-order valence-corrected chi connectivity index (χ2v) is 6.99. The highest BCUT2D eigenvalue weighted by molar-refractivity contribution is 5.95. The van der Waals surface area contributed by atoms with Crippen molar-refractivity contribution in [2.24, 2.45) is 0 Å². The molecular weight excluding hydrogens is 354 g/mol. The van der Waals surface area contributed by atoms with E-state index in [4.69, 9.17) is 4.74 Å². The van der Waals surface area contributed by atoms with E-state index >= 15 is 0 Å². The number of carbonyl (C=O) groups excluding carboxylic acids is 2. The summed E-state index contributed by atoms with van der Waals surface area (Å²) in [5, 5.41) is 2.87. The van der Waals surface area contributed by atoms with Crippen LogP contribution in [0.5, 0.6) is 5.75 Å². The summed E-state index contributed by atoms with van der Waals surface area (Å²) in [6.45, 7) is 3.79. The first-order chi connectivity index (χ1) is 13.6. The van der Waals surface area contributed by atoms with Gasteiger partial charge in [0.2, 0.25) is 5.91 Å². The lowest BCUT2D eigenvalue weighted by Gasteiger charge is -2.32. The fraction of sp³-hybridized carbons (Fsp3) is 0.364. The molecule has 1 heterocycles. The number of anilines is 1. The highest BCUT2D eigenvalue weighted by Gasteiger charge is 2.20. The van der Waals surface area contributed by atoms with Crippen LogP contribution in [0.3, 0.4) is 0 Å². The summed E-state index contributed by atoms with van der Waals surface area (Å²) in [6.07, 6.45) is 1.02. The Kier molecular flexibility index (Phi) is 7.03. The van der Waals surface area contributed by atoms with Gasteiger partial charge < -0.3 is 19.9 Å². The summed E-state index contributed by atoms with van der Waals surface area (Å²) in [4.78, 5) is 28.7. The van der Waals surface area contributed by atoms with Crippen LogP contribution in [0.4, 0.5) is 5.69 Å². The Labute approximate surface area is 166 Å². The van der Waals surface area contributed by atoms with Crippen molar-refractivity contribution < 1.29 is 14.3 Å². The number of nitrogens with zero attached hydrogens (tertiary/aromatic N) is 2. The smallest absolute Gasteiger partial charge is 0.253 e. The van der Waals surface area contributed by atoms with E-state index in [0.717, 1.165) is 31.9 Å². The maximum atomic E-state index is 12.5. The number of piperazine rings is 1. The van der Waals surface area contributed by atoms with Gasteiger partial charge in [0.05, 0.1) is 6.61 Å². The van der Waals surface area contributed by atoms with Crippen molar-refractivity contribution in [1.82, 2.24) is 9.80 Å². The molecule has 1 saturated heterocycles. The van der Waals surface area contributed by atoms with Crippen molar-refractivity contribution in [2.75, 3.05) is 45.2 Å². The molecule has 0 aromatic heterocycles. The molecule has 1 fully saturated rings. The lowest BCUT2D eigenvalue weighted by molar-refractivity contribution is -0.116. The largest absolute Gasteiger partial charge is 0.494 e. The fourth-order valence-corrected chi connectivity index (χ4v) is 3.05. The van der Waals surface area contributed by atoms with Gasteiger partial charge in [-0.05, 0) is 49.9 Å². The molecule has 0 saturated carbocycles. The fourth-order valence-electron chi connectivity index (χ4n) is 3.05. The molecule has 2 aromatic rings. The molecule has 1 aliphatic heterocycles. The number of amides is 2. The highest BCUT2D eigenvalue weighted by atomic mass is 16.5. The first kappa shape index (κ1) is 19.9. The van der Waals surface area contributed by atoms with Gasteiger partial charge >= 0.3 is 0 Å². The molecule has 0 radical (unpaired) electrons. The Hall–Kier alpha value is -2.86. The molecule has 28 heavy (non-hydrogen) atoms. The quantitative estimate of drug-likeness (QED) is 0.749. The van der Waals surface area contributed by atoms with E-state index in [9.17, 15) is 9.59 Å². The zero-order valence-corrected chi connectivity index (χ0v) is 16.3. The summed E-state index contributed by atoms with van der Waals surface area (Å²) in [7, 11) is 2.06. The van der Waals surface area contributed by atoms with Gasteiger partial charge in [-0.3, -0.25) is 9.59 Å². The second kappa shape index (κ2) is 9.90. The van der Waals surface area contributed by atoms with Gasteiger partial charge in [0.1, 0.15) is 5.75 Å². The zero-order chi connectivity index (χ0) is 19.8. The molecule has 1 aliphatic rings. The third kappa shape index (κ3) is 5.82. The standard InChI is InChI=1S/C22H27N3O3/c1-24-13-15-25(16-14-24)22(27)18-9-11-19(12-10-18)23-21(26)8-5-17-28-20-6-3-2-4-7-20/h2-4,6-7,9-12H,5,8,13-17H2,1H3,(H,23,26). The van der Waals surface area contributed by atoms with Crippen molar-refractivity contribution >= 4 is 17.5 Å². The van der Waals surface area contributed by atoms with E-state index in [1.165, 1.54) is 0 Å². The van der Waals surface area contributed by atoms with Crippen LogP contribution in [0.25, 0.3) is 0 Å². The number of benzene rings is 2. The van der Waals surface area contributed by atoms with Gasteiger partial charge in [-0.1, -0.05) is 18.2 Å². The predicted octanol–water partition coefficient (Wildman–Crippen LogP) is 2.87. The van der Waals surface area contributed by atoms with E-state index in [-0.39, 0.29) is 11.8 Å². The summed E-state index contributed by atoms with van der Waals surface area (Å²) < 4.78 is 5.59. The first-order valence-corrected chi connectivity index (χ1v) is 9.67. The van der Waals surface area contributed by atoms with Gasteiger partial charge in [0, 0.05) is 43.9 Å². The molecular formula is C22H27N3O3. The first-order valence-electron chi connectivity index (χ1n) is 9.67. The van der Waals surface area contributed by atoms with Crippen molar-refractivity contribution in [3.63, 3.8) is 0 Å². The molecule has 148 valence electrons. The molecule has 2 aromatic carbocycles. The number of ether oxygens (including phenoxy) is 1. The minimum atomic E-state index is -0.0604. The van der Waals surface area contributed by atoms with Gasteiger partial charge in [-0.25, -0.2) is 0 Å². The van der Waals surface area contributed by atoms with Crippen molar-refractivity contribution in [3.05, 3.63) is 60.2 Å². The van der Waals surface area contributed by atoms with Crippen LogP contribution in [0.1, 0.15) is 23.2 Å². The molecule has 0 bridgehead atoms. The SMILES string of the molecule is CN1CCN(C(=O)c2ccc(NC(=O)CCCOc3ccccc3)cc2)CC1. The van der Waals surface area contributed by atoms with Crippen molar-refractivity contribution in [3.8, 4) is 5.75 Å². The van der Waals surface area contributed by atoms with Gasteiger partial charge in [-0.2, -0.15) is 0 Å². The van der Waals surface area contributed by atoms with Crippen LogP contribution in [0.2, 0.25) is 0 Å². The Bertz CT molecular complexity index is 769. The topological polar surface area (TPSA) is 61.9 Å². The normalized spacial score (nSPS) is 14.5. The monoisotopic (exact) mass is 381 g/mol. The summed E-state index contributed by atoms with van der Waals surface area (Å²) >= 11 is 0. The lowest BCUT2D eigenvalue weighted by Crippen LogP contribution is -2.47. The van der Waals surface area contributed by atoms with Crippen LogP contribution in [0, 0.1) is 0 Å². The Balaban J connectivity index is 1.41. The summed E-state index contributed by atoms with van der Waals surface area (Å²) in [6, 6.07) is 16.7. The number of nitrogens with one attached hydrogen (secondary N) is 1. The Morgan fingerprint density at radius 3 is 2.32 bits per heavy atom. The van der Waals surface area contributed by atoms with E-state index in [0.29, 0.717) is 30.7 Å².